The van der Waals surface area contributed by atoms with E-state index in [0.717, 1.165) is 6.42 Å². The third-order valence-electron chi connectivity index (χ3n) is 3.79. The summed E-state index contributed by atoms with van der Waals surface area (Å²) in [5.41, 5.74) is -0.867. The zero-order chi connectivity index (χ0) is 13.2. The number of nitrogens with zero attached hydrogens (tertiary/aromatic N) is 1. The second kappa shape index (κ2) is 5.24. The topological polar surface area (TPSA) is 78.9 Å². The van der Waals surface area contributed by atoms with E-state index in [-0.39, 0.29) is 18.6 Å². The Morgan fingerprint density at radius 3 is 2.72 bits per heavy atom. The van der Waals surface area contributed by atoms with Crippen LogP contribution in [0.4, 0.5) is 0 Å². The fourth-order valence-electron chi connectivity index (χ4n) is 2.40. The van der Waals surface area contributed by atoms with E-state index in [2.05, 4.69) is 5.32 Å². The van der Waals surface area contributed by atoms with Gasteiger partial charge in [-0.25, -0.2) is 0 Å². The number of ether oxygens (including phenoxy) is 1. The zero-order valence-electron chi connectivity index (χ0n) is 10.6. The lowest BCUT2D eigenvalue weighted by atomic mass is 9.77. The zero-order valence-corrected chi connectivity index (χ0v) is 10.6. The molecule has 0 aromatic heterocycles. The van der Waals surface area contributed by atoms with Crippen molar-refractivity contribution in [1.82, 2.24) is 10.2 Å². The van der Waals surface area contributed by atoms with Gasteiger partial charge >= 0.3 is 5.97 Å². The number of carboxylic acid groups (broad SMARTS) is 1. The molecular weight excluding hydrogens is 236 g/mol. The quantitative estimate of drug-likeness (QED) is 0.730. The molecule has 1 heterocycles. The average molecular weight is 256 g/mol. The van der Waals surface area contributed by atoms with Crippen LogP contribution in [0, 0.1) is 0 Å². The van der Waals surface area contributed by atoms with Gasteiger partial charge in [-0.1, -0.05) is 0 Å². The Hall–Kier alpha value is -1.14. The van der Waals surface area contributed by atoms with Gasteiger partial charge < -0.3 is 14.7 Å². The van der Waals surface area contributed by atoms with Gasteiger partial charge in [0.15, 0.2) is 0 Å². The lowest BCUT2D eigenvalue weighted by Gasteiger charge is -2.39. The lowest BCUT2D eigenvalue weighted by Crippen LogP contribution is -2.60. The van der Waals surface area contributed by atoms with Crippen LogP contribution in [-0.2, 0) is 14.3 Å². The lowest BCUT2D eigenvalue weighted by molar-refractivity contribution is -0.149. The predicted octanol–water partition coefficient (Wildman–Crippen LogP) is -0.169. The van der Waals surface area contributed by atoms with Crippen molar-refractivity contribution >= 4 is 11.9 Å². The van der Waals surface area contributed by atoms with Gasteiger partial charge in [0.05, 0.1) is 19.3 Å². The molecule has 2 N–H and O–H groups in total. The van der Waals surface area contributed by atoms with E-state index in [1.165, 1.54) is 0 Å². The Morgan fingerprint density at radius 1 is 1.50 bits per heavy atom. The van der Waals surface area contributed by atoms with E-state index < -0.39 is 11.5 Å². The van der Waals surface area contributed by atoms with Crippen LogP contribution < -0.4 is 5.32 Å². The largest absolute Gasteiger partial charge is 0.480 e. The number of hydrogen-bond donors (Lipinski definition) is 2. The molecule has 2 fully saturated rings. The molecule has 1 aliphatic heterocycles. The van der Waals surface area contributed by atoms with Crippen LogP contribution in [0.1, 0.15) is 26.2 Å². The average Bonchev–Trinajstić information content (AvgIpc) is 2.26. The Morgan fingerprint density at radius 2 is 2.22 bits per heavy atom. The summed E-state index contributed by atoms with van der Waals surface area (Å²) in [6.45, 7) is 3.75. The Balaban J connectivity index is 1.82. The first-order chi connectivity index (χ1) is 8.53. The van der Waals surface area contributed by atoms with Crippen molar-refractivity contribution < 1.29 is 19.4 Å². The minimum Gasteiger partial charge on any atom is -0.480 e. The molecule has 2 rings (SSSR count). The summed E-state index contributed by atoms with van der Waals surface area (Å²) in [6, 6.07) is 0. The van der Waals surface area contributed by atoms with Gasteiger partial charge in [-0.3, -0.25) is 14.9 Å². The van der Waals surface area contributed by atoms with Gasteiger partial charge in [0.2, 0.25) is 5.91 Å². The molecule has 1 unspecified atom stereocenters. The molecule has 6 heteroatoms. The van der Waals surface area contributed by atoms with Crippen molar-refractivity contribution in [2.75, 3.05) is 26.2 Å². The molecule has 0 aromatic carbocycles. The molecule has 0 spiro atoms. The second-order valence-electron chi connectivity index (χ2n) is 5.12. The molecule has 6 nitrogen and oxygen atoms in total. The summed E-state index contributed by atoms with van der Waals surface area (Å²) >= 11 is 0. The van der Waals surface area contributed by atoms with Gasteiger partial charge in [-0.2, -0.15) is 0 Å². The monoisotopic (exact) mass is 256 g/mol. The number of carbonyl (C=O) groups is 2. The van der Waals surface area contributed by atoms with Gasteiger partial charge in [0.1, 0.15) is 5.54 Å². The summed E-state index contributed by atoms with van der Waals surface area (Å²) in [5, 5.41) is 12.1. The number of carbonyl (C=O) groups excluding carboxylic acids is 1. The molecular formula is C12H20N2O4. The van der Waals surface area contributed by atoms with Crippen molar-refractivity contribution in [3.8, 4) is 0 Å². The first kappa shape index (κ1) is 13.3. The van der Waals surface area contributed by atoms with E-state index in [1.807, 2.05) is 6.92 Å². The van der Waals surface area contributed by atoms with Crippen molar-refractivity contribution in [2.24, 2.45) is 0 Å². The summed E-state index contributed by atoms with van der Waals surface area (Å²) in [5.74, 6) is -0.894. The number of nitrogens with one attached hydrogen (secondary N) is 1. The van der Waals surface area contributed by atoms with Gasteiger partial charge in [0.25, 0.3) is 0 Å². The van der Waals surface area contributed by atoms with Crippen LogP contribution >= 0.6 is 0 Å². The molecule has 1 saturated heterocycles. The minimum atomic E-state index is -0.867. The van der Waals surface area contributed by atoms with E-state index in [1.54, 1.807) is 4.90 Å². The van der Waals surface area contributed by atoms with Crippen molar-refractivity contribution in [3.63, 3.8) is 0 Å². The second-order valence-corrected chi connectivity index (χ2v) is 5.12. The fourth-order valence-corrected chi connectivity index (χ4v) is 2.40. The van der Waals surface area contributed by atoms with E-state index >= 15 is 0 Å². The maximum atomic E-state index is 12.0. The minimum absolute atomic E-state index is 0.0438. The first-order valence-corrected chi connectivity index (χ1v) is 6.41. The van der Waals surface area contributed by atoms with Crippen molar-refractivity contribution in [1.29, 1.82) is 0 Å². The highest BCUT2D eigenvalue weighted by atomic mass is 16.5. The molecule has 1 aliphatic carbocycles. The standard InChI is InChI=1S/C12H20N2O4/c1-9-8-14(5-6-18-9)10(15)7-13-12(11(16)17)3-2-4-12/h9,13H,2-8H2,1H3,(H,16,17). The highest BCUT2D eigenvalue weighted by Crippen LogP contribution is 2.31. The van der Waals surface area contributed by atoms with E-state index in [0.29, 0.717) is 32.5 Å². The van der Waals surface area contributed by atoms with Crippen molar-refractivity contribution in [3.05, 3.63) is 0 Å². The normalized spacial score (nSPS) is 26.5. The summed E-state index contributed by atoms with van der Waals surface area (Å²) < 4.78 is 5.37. The Labute approximate surface area is 106 Å². The Kier molecular flexibility index (Phi) is 3.87. The number of amides is 1. The molecule has 1 amide bonds. The molecule has 0 aromatic rings. The number of morpholine rings is 1. The predicted molar refractivity (Wildman–Crippen MR) is 64.2 cm³/mol. The van der Waals surface area contributed by atoms with E-state index in [4.69, 9.17) is 9.84 Å². The van der Waals surface area contributed by atoms with E-state index in [9.17, 15) is 9.59 Å². The number of aliphatic carboxylic acids is 1. The van der Waals surface area contributed by atoms with Crippen LogP contribution in [0.3, 0.4) is 0 Å². The molecule has 102 valence electrons. The highest BCUT2D eigenvalue weighted by Gasteiger charge is 2.44. The van der Waals surface area contributed by atoms with Gasteiger partial charge in [-0.15, -0.1) is 0 Å². The molecule has 18 heavy (non-hydrogen) atoms. The molecule has 1 saturated carbocycles. The molecule has 2 aliphatic rings. The SMILES string of the molecule is CC1CN(C(=O)CNC2(C(=O)O)CCC2)CCO1. The fraction of sp³-hybridized carbons (Fsp3) is 0.833. The molecule has 0 radical (unpaired) electrons. The van der Waals surface area contributed by atoms with Crippen molar-refractivity contribution in [2.45, 2.75) is 37.8 Å². The van der Waals surface area contributed by atoms with Crippen LogP contribution in [-0.4, -0.2) is 59.8 Å². The number of hydrogen-bond acceptors (Lipinski definition) is 4. The van der Waals surface area contributed by atoms with Gasteiger partial charge in [-0.05, 0) is 26.2 Å². The number of rotatable bonds is 4. The Bertz CT molecular complexity index is 341. The molecule has 1 atom stereocenters. The first-order valence-electron chi connectivity index (χ1n) is 6.41. The summed E-state index contributed by atoms with van der Waals surface area (Å²) in [6.07, 6.45) is 2.17. The maximum Gasteiger partial charge on any atom is 0.323 e. The third kappa shape index (κ3) is 2.64. The van der Waals surface area contributed by atoms with Gasteiger partial charge in [0, 0.05) is 13.1 Å². The third-order valence-corrected chi connectivity index (χ3v) is 3.79. The van der Waals surface area contributed by atoms with Crippen LogP contribution in [0.5, 0.6) is 0 Å². The molecule has 0 bridgehead atoms. The summed E-state index contributed by atoms with van der Waals surface area (Å²) in [7, 11) is 0. The smallest absolute Gasteiger partial charge is 0.323 e. The van der Waals surface area contributed by atoms with Crippen LogP contribution in [0.2, 0.25) is 0 Å². The summed E-state index contributed by atoms with van der Waals surface area (Å²) in [4.78, 5) is 24.8. The van der Waals surface area contributed by atoms with Crippen LogP contribution in [0.15, 0.2) is 0 Å². The maximum absolute atomic E-state index is 12.0. The number of carboxylic acids is 1. The highest BCUT2D eigenvalue weighted by molar-refractivity contribution is 5.83. The van der Waals surface area contributed by atoms with Crippen LogP contribution in [0.25, 0.3) is 0 Å².